The number of hydrogen-bond acceptors (Lipinski definition) is 1. The number of hydrogen-bond donors (Lipinski definition) is 1. The van der Waals surface area contributed by atoms with Crippen LogP contribution in [0.1, 0.15) is 30.5 Å². The van der Waals surface area contributed by atoms with Crippen LogP contribution in [0.15, 0.2) is 42.7 Å². The van der Waals surface area contributed by atoms with Crippen molar-refractivity contribution in [3.05, 3.63) is 59.4 Å². The molecule has 1 atom stereocenters. The fraction of sp³-hybridized carbons (Fsp3) is 0.375. The quantitative estimate of drug-likeness (QED) is 0.858. The van der Waals surface area contributed by atoms with E-state index >= 15 is 0 Å². The number of aryl methyl sites for hydroxylation is 1. The van der Waals surface area contributed by atoms with Gasteiger partial charge in [-0.3, -0.25) is 0 Å². The van der Waals surface area contributed by atoms with E-state index in [1.165, 1.54) is 16.7 Å². The van der Waals surface area contributed by atoms with E-state index in [-0.39, 0.29) is 6.04 Å². The first-order chi connectivity index (χ1) is 8.67. The van der Waals surface area contributed by atoms with Crippen LogP contribution in [0.5, 0.6) is 0 Å². The first kappa shape index (κ1) is 12.9. The summed E-state index contributed by atoms with van der Waals surface area (Å²) >= 11 is 0. The normalized spacial score (nSPS) is 12.6. The number of rotatable bonds is 5. The number of benzene rings is 1. The van der Waals surface area contributed by atoms with E-state index in [1.807, 2.05) is 6.92 Å². The maximum Gasteiger partial charge on any atom is 0.0470 e. The molecule has 2 rings (SSSR count). The Morgan fingerprint density at radius 3 is 2.33 bits per heavy atom. The fourth-order valence-corrected chi connectivity index (χ4v) is 2.17. The Kier molecular flexibility index (Phi) is 4.21. The van der Waals surface area contributed by atoms with Crippen LogP contribution in [0.4, 0.5) is 0 Å². The van der Waals surface area contributed by atoms with E-state index in [0.717, 1.165) is 19.4 Å². The molecule has 0 bridgehead atoms. The van der Waals surface area contributed by atoms with Gasteiger partial charge in [0.25, 0.3) is 0 Å². The summed E-state index contributed by atoms with van der Waals surface area (Å²) in [5.41, 5.74) is 9.86. The summed E-state index contributed by atoms with van der Waals surface area (Å²) in [5, 5.41) is 0. The van der Waals surface area contributed by atoms with Crippen LogP contribution in [0.3, 0.4) is 0 Å². The molecule has 0 aliphatic heterocycles. The monoisotopic (exact) mass is 242 g/mol. The SMILES string of the molecule is CCc1ccc(Cn2ccc(CC(C)N)c2)cc1. The van der Waals surface area contributed by atoms with Crippen LogP contribution in [0, 0.1) is 0 Å². The molecule has 2 nitrogen and oxygen atoms in total. The molecule has 0 saturated carbocycles. The Bertz CT molecular complexity index is 480. The lowest BCUT2D eigenvalue weighted by Crippen LogP contribution is -2.17. The predicted octanol–water partition coefficient (Wildman–Crippen LogP) is 2.99. The van der Waals surface area contributed by atoms with Crippen molar-refractivity contribution < 1.29 is 0 Å². The van der Waals surface area contributed by atoms with Crippen LogP contribution < -0.4 is 5.73 Å². The molecular weight excluding hydrogens is 220 g/mol. The van der Waals surface area contributed by atoms with Gasteiger partial charge in [0.05, 0.1) is 0 Å². The minimum absolute atomic E-state index is 0.227. The van der Waals surface area contributed by atoms with Crippen LogP contribution in [-0.2, 0) is 19.4 Å². The Labute approximate surface area is 109 Å². The second kappa shape index (κ2) is 5.87. The molecule has 0 fully saturated rings. The minimum Gasteiger partial charge on any atom is -0.350 e. The summed E-state index contributed by atoms with van der Waals surface area (Å²) in [6.45, 7) is 5.16. The lowest BCUT2D eigenvalue weighted by Gasteiger charge is -2.05. The first-order valence-corrected chi connectivity index (χ1v) is 6.65. The van der Waals surface area contributed by atoms with Gasteiger partial charge in [-0.1, -0.05) is 31.2 Å². The summed E-state index contributed by atoms with van der Waals surface area (Å²) in [4.78, 5) is 0. The lowest BCUT2D eigenvalue weighted by atomic mass is 10.1. The highest BCUT2D eigenvalue weighted by Crippen LogP contribution is 2.09. The predicted molar refractivity (Wildman–Crippen MR) is 76.7 cm³/mol. The smallest absolute Gasteiger partial charge is 0.0470 e. The van der Waals surface area contributed by atoms with Gasteiger partial charge in [-0.15, -0.1) is 0 Å². The molecule has 0 amide bonds. The Morgan fingerprint density at radius 1 is 1.06 bits per heavy atom. The van der Waals surface area contributed by atoms with Gasteiger partial charge in [-0.2, -0.15) is 0 Å². The summed E-state index contributed by atoms with van der Waals surface area (Å²) in [6, 6.07) is 11.2. The van der Waals surface area contributed by atoms with E-state index in [2.05, 4.69) is 54.2 Å². The molecule has 1 aromatic carbocycles. The molecular formula is C16H22N2. The van der Waals surface area contributed by atoms with Crippen molar-refractivity contribution in [1.29, 1.82) is 0 Å². The van der Waals surface area contributed by atoms with Crippen LogP contribution in [-0.4, -0.2) is 10.6 Å². The van der Waals surface area contributed by atoms with E-state index < -0.39 is 0 Å². The van der Waals surface area contributed by atoms with Crippen molar-refractivity contribution >= 4 is 0 Å². The van der Waals surface area contributed by atoms with Crippen LogP contribution in [0.25, 0.3) is 0 Å². The van der Waals surface area contributed by atoms with Crippen LogP contribution >= 0.6 is 0 Å². The summed E-state index contributed by atoms with van der Waals surface area (Å²) in [5.74, 6) is 0. The van der Waals surface area contributed by atoms with Crippen molar-refractivity contribution in [1.82, 2.24) is 4.57 Å². The van der Waals surface area contributed by atoms with Gasteiger partial charge in [0, 0.05) is 25.0 Å². The zero-order valence-electron chi connectivity index (χ0n) is 11.3. The third-order valence-electron chi connectivity index (χ3n) is 3.17. The van der Waals surface area contributed by atoms with E-state index in [4.69, 9.17) is 5.73 Å². The van der Waals surface area contributed by atoms with Crippen molar-refractivity contribution in [2.45, 2.75) is 39.3 Å². The highest BCUT2D eigenvalue weighted by Gasteiger charge is 2.01. The Morgan fingerprint density at radius 2 is 1.72 bits per heavy atom. The molecule has 2 heteroatoms. The third kappa shape index (κ3) is 3.47. The molecule has 2 aromatic rings. The number of aromatic nitrogens is 1. The molecule has 0 aliphatic carbocycles. The van der Waals surface area contributed by atoms with Gasteiger partial charge in [-0.05, 0) is 42.5 Å². The van der Waals surface area contributed by atoms with Crippen LogP contribution in [0.2, 0.25) is 0 Å². The molecule has 0 radical (unpaired) electrons. The molecule has 18 heavy (non-hydrogen) atoms. The first-order valence-electron chi connectivity index (χ1n) is 6.65. The van der Waals surface area contributed by atoms with E-state index in [1.54, 1.807) is 0 Å². The largest absolute Gasteiger partial charge is 0.350 e. The lowest BCUT2D eigenvalue weighted by molar-refractivity contribution is 0.732. The zero-order chi connectivity index (χ0) is 13.0. The fourth-order valence-electron chi connectivity index (χ4n) is 2.17. The zero-order valence-corrected chi connectivity index (χ0v) is 11.3. The molecule has 0 aliphatic rings. The van der Waals surface area contributed by atoms with Gasteiger partial charge in [0.1, 0.15) is 0 Å². The average molecular weight is 242 g/mol. The molecule has 1 heterocycles. The molecule has 0 saturated heterocycles. The van der Waals surface area contributed by atoms with Gasteiger partial charge in [0.15, 0.2) is 0 Å². The Hall–Kier alpha value is -1.54. The Balaban J connectivity index is 2.01. The molecule has 0 spiro atoms. The second-order valence-corrected chi connectivity index (χ2v) is 5.04. The summed E-state index contributed by atoms with van der Waals surface area (Å²) < 4.78 is 2.22. The maximum absolute atomic E-state index is 5.81. The molecule has 1 unspecified atom stereocenters. The number of nitrogens with two attached hydrogens (primary N) is 1. The number of nitrogens with zero attached hydrogens (tertiary/aromatic N) is 1. The summed E-state index contributed by atoms with van der Waals surface area (Å²) in [7, 11) is 0. The topological polar surface area (TPSA) is 30.9 Å². The second-order valence-electron chi connectivity index (χ2n) is 5.04. The van der Waals surface area contributed by atoms with Crippen molar-refractivity contribution in [3.63, 3.8) is 0 Å². The van der Waals surface area contributed by atoms with Gasteiger partial charge in [0.2, 0.25) is 0 Å². The average Bonchev–Trinajstić information content (AvgIpc) is 2.76. The van der Waals surface area contributed by atoms with Gasteiger partial charge in [-0.25, -0.2) is 0 Å². The van der Waals surface area contributed by atoms with Crippen molar-refractivity contribution in [3.8, 4) is 0 Å². The standard InChI is InChI=1S/C16H22N2/c1-3-14-4-6-15(7-5-14)11-18-9-8-16(12-18)10-13(2)17/h4-9,12-13H,3,10-11,17H2,1-2H3. The maximum atomic E-state index is 5.81. The van der Waals surface area contributed by atoms with E-state index in [0.29, 0.717) is 0 Å². The molecule has 2 N–H and O–H groups in total. The van der Waals surface area contributed by atoms with Gasteiger partial charge >= 0.3 is 0 Å². The molecule has 1 aromatic heterocycles. The van der Waals surface area contributed by atoms with Crippen molar-refractivity contribution in [2.24, 2.45) is 5.73 Å². The highest BCUT2D eigenvalue weighted by molar-refractivity contribution is 5.23. The highest BCUT2D eigenvalue weighted by atomic mass is 14.9. The third-order valence-corrected chi connectivity index (χ3v) is 3.17. The van der Waals surface area contributed by atoms with Gasteiger partial charge < -0.3 is 10.3 Å². The minimum atomic E-state index is 0.227. The van der Waals surface area contributed by atoms with Crippen molar-refractivity contribution in [2.75, 3.05) is 0 Å². The molecule has 96 valence electrons. The summed E-state index contributed by atoms with van der Waals surface area (Å²) in [6.07, 6.45) is 6.37. The van der Waals surface area contributed by atoms with E-state index in [9.17, 15) is 0 Å².